The minimum absolute atomic E-state index is 0.0809. The second kappa shape index (κ2) is 6.45. The third kappa shape index (κ3) is 5.34. The van der Waals surface area contributed by atoms with E-state index < -0.39 is 17.5 Å². The molecule has 0 atom stereocenters. The molecule has 1 aromatic rings. The molecule has 0 aliphatic rings. The molecule has 0 aromatic heterocycles. The van der Waals surface area contributed by atoms with E-state index in [1.54, 1.807) is 0 Å². The predicted octanol–water partition coefficient (Wildman–Crippen LogP) is 2.00. The summed E-state index contributed by atoms with van der Waals surface area (Å²) in [5, 5.41) is 5.15. The van der Waals surface area contributed by atoms with Crippen molar-refractivity contribution in [3.05, 3.63) is 35.4 Å². The molecule has 0 saturated carbocycles. The summed E-state index contributed by atoms with van der Waals surface area (Å²) in [6, 6.07) is 2.71. The smallest absolute Gasteiger partial charge is 0.254 e. The van der Waals surface area contributed by atoms with Crippen molar-refractivity contribution in [1.82, 2.24) is 10.6 Å². The summed E-state index contributed by atoms with van der Waals surface area (Å²) in [5.74, 6) is -2.56. The van der Waals surface area contributed by atoms with Crippen molar-refractivity contribution in [2.24, 2.45) is 0 Å². The summed E-state index contributed by atoms with van der Waals surface area (Å²) >= 11 is 0. The molecule has 6 heteroatoms. The maximum Gasteiger partial charge on any atom is 0.254 e. The van der Waals surface area contributed by atoms with Crippen LogP contribution in [-0.4, -0.2) is 23.9 Å². The van der Waals surface area contributed by atoms with Gasteiger partial charge in [0.2, 0.25) is 5.91 Å². The van der Waals surface area contributed by atoms with Crippen molar-refractivity contribution in [3.8, 4) is 0 Å². The van der Waals surface area contributed by atoms with Crippen molar-refractivity contribution in [1.29, 1.82) is 0 Å². The van der Waals surface area contributed by atoms with Crippen LogP contribution in [0, 0.1) is 11.6 Å². The van der Waals surface area contributed by atoms with Crippen LogP contribution in [0.5, 0.6) is 0 Å². The van der Waals surface area contributed by atoms with Crippen LogP contribution in [0.2, 0.25) is 0 Å². The summed E-state index contributed by atoms with van der Waals surface area (Å²) in [4.78, 5) is 23.1. The van der Waals surface area contributed by atoms with E-state index in [-0.39, 0.29) is 30.0 Å². The summed E-state index contributed by atoms with van der Waals surface area (Å²) in [7, 11) is 0. The Kier molecular flexibility index (Phi) is 5.19. The minimum atomic E-state index is -0.929. The molecular formula is C14H18F2N2O2. The Morgan fingerprint density at radius 3 is 2.40 bits per heavy atom. The highest BCUT2D eigenvalue weighted by atomic mass is 19.1. The van der Waals surface area contributed by atoms with Crippen LogP contribution in [0.15, 0.2) is 18.2 Å². The molecule has 0 unspecified atom stereocenters. The molecule has 0 heterocycles. The summed E-state index contributed by atoms with van der Waals surface area (Å²) in [6.45, 7) is 5.61. The highest BCUT2D eigenvalue weighted by Crippen LogP contribution is 2.09. The monoisotopic (exact) mass is 284 g/mol. The number of hydrogen-bond donors (Lipinski definition) is 2. The van der Waals surface area contributed by atoms with Crippen molar-refractivity contribution in [2.75, 3.05) is 6.54 Å². The van der Waals surface area contributed by atoms with Crippen LogP contribution < -0.4 is 10.6 Å². The second-order valence-electron chi connectivity index (χ2n) is 5.43. The van der Waals surface area contributed by atoms with Gasteiger partial charge in [-0.1, -0.05) is 0 Å². The predicted molar refractivity (Wildman–Crippen MR) is 71.2 cm³/mol. The second-order valence-corrected chi connectivity index (χ2v) is 5.43. The molecule has 20 heavy (non-hydrogen) atoms. The average molecular weight is 284 g/mol. The van der Waals surface area contributed by atoms with Gasteiger partial charge in [-0.15, -0.1) is 0 Å². The van der Waals surface area contributed by atoms with Gasteiger partial charge in [0.1, 0.15) is 11.6 Å². The number of rotatable bonds is 4. The Labute approximate surface area is 116 Å². The number of benzene rings is 1. The lowest BCUT2D eigenvalue weighted by molar-refractivity contribution is -0.122. The summed E-state index contributed by atoms with van der Waals surface area (Å²) in [6.07, 6.45) is 0.0891. The van der Waals surface area contributed by atoms with Crippen molar-refractivity contribution in [2.45, 2.75) is 32.7 Å². The molecule has 1 rings (SSSR count). The third-order valence-corrected chi connectivity index (χ3v) is 2.33. The first-order chi connectivity index (χ1) is 9.19. The van der Waals surface area contributed by atoms with Gasteiger partial charge in [0, 0.05) is 24.6 Å². The van der Waals surface area contributed by atoms with Gasteiger partial charge < -0.3 is 10.6 Å². The molecule has 2 amide bonds. The lowest BCUT2D eigenvalue weighted by atomic mass is 10.1. The topological polar surface area (TPSA) is 58.2 Å². The highest BCUT2D eigenvalue weighted by Gasteiger charge is 2.15. The van der Waals surface area contributed by atoms with Gasteiger partial charge in [-0.2, -0.15) is 0 Å². The van der Waals surface area contributed by atoms with Crippen LogP contribution >= 0.6 is 0 Å². The van der Waals surface area contributed by atoms with E-state index in [1.807, 2.05) is 20.8 Å². The van der Waals surface area contributed by atoms with Crippen LogP contribution in [0.25, 0.3) is 0 Å². The third-order valence-electron chi connectivity index (χ3n) is 2.33. The summed E-state index contributed by atoms with van der Waals surface area (Å²) < 4.78 is 26.0. The Hall–Kier alpha value is -1.98. The van der Waals surface area contributed by atoms with Crippen LogP contribution in [-0.2, 0) is 4.79 Å². The standard InChI is InChI=1S/C14H18F2N2O2/c1-14(2,3)18-12(19)6-7-17-13(20)10-5-4-9(15)8-11(10)16/h4-5,8H,6-7H2,1-3H3,(H,17,20)(H,18,19). The molecule has 4 nitrogen and oxygen atoms in total. The number of carbonyl (C=O) groups is 2. The van der Waals surface area contributed by atoms with E-state index in [0.717, 1.165) is 12.1 Å². The van der Waals surface area contributed by atoms with Crippen LogP contribution in [0.1, 0.15) is 37.6 Å². The van der Waals surface area contributed by atoms with Crippen molar-refractivity contribution < 1.29 is 18.4 Å². The normalized spacial score (nSPS) is 11.1. The lowest BCUT2D eigenvalue weighted by Gasteiger charge is -2.20. The zero-order chi connectivity index (χ0) is 15.3. The van der Waals surface area contributed by atoms with Gasteiger partial charge in [-0.3, -0.25) is 9.59 Å². The molecule has 1 aromatic carbocycles. The summed E-state index contributed by atoms with van der Waals surface area (Å²) in [5.41, 5.74) is -0.591. The Morgan fingerprint density at radius 2 is 1.85 bits per heavy atom. The van der Waals surface area contributed by atoms with Gasteiger partial charge in [0.05, 0.1) is 5.56 Å². The van der Waals surface area contributed by atoms with E-state index in [1.165, 1.54) is 0 Å². The molecule has 0 fully saturated rings. The van der Waals surface area contributed by atoms with Crippen LogP contribution in [0.3, 0.4) is 0 Å². The Bertz CT molecular complexity index is 510. The van der Waals surface area contributed by atoms with Crippen molar-refractivity contribution >= 4 is 11.8 Å². The largest absolute Gasteiger partial charge is 0.351 e. The fourth-order valence-corrected chi connectivity index (χ4v) is 1.54. The van der Waals surface area contributed by atoms with Gasteiger partial charge in [-0.05, 0) is 32.9 Å². The Morgan fingerprint density at radius 1 is 1.20 bits per heavy atom. The maximum atomic E-state index is 13.3. The van der Waals surface area contributed by atoms with E-state index in [2.05, 4.69) is 10.6 Å². The minimum Gasteiger partial charge on any atom is -0.351 e. The van der Waals surface area contributed by atoms with Crippen molar-refractivity contribution in [3.63, 3.8) is 0 Å². The molecule has 0 bridgehead atoms. The number of halogens is 2. The molecule has 110 valence electrons. The number of carbonyl (C=O) groups excluding carboxylic acids is 2. The number of hydrogen-bond acceptors (Lipinski definition) is 2. The number of amides is 2. The highest BCUT2D eigenvalue weighted by molar-refractivity contribution is 5.94. The molecule has 0 spiro atoms. The first-order valence-electron chi connectivity index (χ1n) is 6.23. The first kappa shape index (κ1) is 16.1. The lowest BCUT2D eigenvalue weighted by Crippen LogP contribution is -2.42. The van der Waals surface area contributed by atoms with E-state index in [9.17, 15) is 18.4 Å². The maximum absolute atomic E-state index is 13.3. The van der Waals surface area contributed by atoms with Crippen LogP contribution in [0.4, 0.5) is 8.78 Å². The zero-order valence-electron chi connectivity index (χ0n) is 11.7. The number of nitrogens with one attached hydrogen (secondary N) is 2. The fourth-order valence-electron chi connectivity index (χ4n) is 1.54. The quantitative estimate of drug-likeness (QED) is 0.888. The van der Waals surface area contributed by atoms with Gasteiger partial charge in [-0.25, -0.2) is 8.78 Å². The van der Waals surface area contributed by atoms with E-state index in [4.69, 9.17) is 0 Å². The molecule has 0 aliphatic carbocycles. The van der Waals surface area contributed by atoms with Gasteiger partial charge >= 0.3 is 0 Å². The molecular weight excluding hydrogens is 266 g/mol. The molecule has 0 saturated heterocycles. The van der Waals surface area contributed by atoms with E-state index >= 15 is 0 Å². The van der Waals surface area contributed by atoms with Gasteiger partial charge in [0.25, 0.3) is 5.91 Å². The first-order valence-corrected chi connectivity index (χ1v) is 6.23. The Balaban J connectivity index is 2.46. The molecule has 0 aliphatic heterocycles. The van der Waals surface area contributed by atoms with Gasteiger partial charge in [0.15, 0.2) is 0 Å². The SMILES string of the molecule is CC(C)(C)NC(=O)CCNC(=O)c1ccc(F)cc1F. The molecule has 0 radical (unpaired) electrons. The van der Waals surface area contributed by atoms with E-state index in [0.29, 0.717) is 6.07 Å². The zero-order valence-corrected chi connectivity index (χ0v) is 11.7. The fraction of sp³-hybridized carbons (Fsp3) is 0.429. The molecule has 2 N–H and O–H groups in total. The average Bonchev–Trinajstić information content (AvgIpc) is 2.25.